The second-order valence-corrected chi connectivity index (χ2v) is 11.7. The number of nitrogens with two attached hydrogens (primary N) is 1. The predicted octanol–water partition coefficient (Wildman–Crippen LogP) is 10.4. The molecule has 0 spiro atoms. The summed E-state index contributed by atoms with van der Waals surface area (Å²) in [5, 5.41) is 1.98. The number of aromatic nitrogens is 4. The van der Waals surface area contributed by atoms with Gasteiger partial charge in [0.25, 0.3) is 11.1 Å². The van der Waals surface area contributed by atoms with E-state index in [1.165, 1.54) is 11.5 Å². The van der Waals surface area contributed by atoms with Crippen molar-refractivity contribution in [3.05, 3.63) is 103 Å². The van der Waals surface area contributed by atoms with Gasteiger partial charge < -0.3 is 11.1 Å². The van der Waals surface area contributed by atoms with Crippen molar-refractivity contribution in [3.63, 3.8) is 0 Å². The first-order valence-electron chi connectivity index (χ1n) is 15.2. The Morgan fingerprint density at radius 2 is 0.983 bits per heavy atom. The Bertz CT molecular complexity index is 2170. The van der Waals surface area contributed by atoms with Crippen LogP contribution in [0.2, 0.25) is 0 Å². The van der Waals surface area contributed by atoms with Crippen LogP contribution in [0.15, 0.2) is 63.3 Å². The Hall–Kier alpha value is -5.11. The summed E-state index contributed by atoms with van der Waals surface area (Å²) in [5.74, 6) is -0.896. The molecule has 3 N–H and O–H groups in total. The lowest BCUT2D eigenvalue weighted by atomic mass is 10.1. The van der Waals surface area contributed by atoms with Crippen molar-refractivity contribution in [2.75, 3.05) is 17.3 Å². The van der Waals surface area contributed by atoms with Gasteiger partial charge in [-0.05, 0) is 56.5 Å². The highest BCUT2D eigenvalue weighted by molar-refractivity contribution is 7.98. The van der Waals surface area contributed by atoms with Gasteiger partial charge in [0.2, 0.25) is 5.95 Å². The summed E-state index contributed by atoms with van der Waals surface area (Å²) in [6.07, 6.45) is -28.1. The van der Waals surface area contributed by atoms with Gasteiger partial charge in [0.1, 0.15) is 0 Å². The number of nitrogens with zero attached hydrogens (tertiary/aromatic N) is 4. The lowest BCUT2D eigenvalue weighted by molar-refractivity contribution is -0.144. The van der Waals surface area contributed by atoms with E-state index in [2.05, 4.69) is 9.97 Å². The lowest BCUT2D eigenvalue weighted by Crippen LogP contribution is -2.26. The Morgan fingerprint density at radius 3 is 1.38 bits per heavy atom. The lowest BCUT2D eigenvalue weighted by Gasteiger charge is -2.19. The third kappa shape index (κ3) is 13.0. The Morgan fingerprint density at radius 1 is 0.569 bits per heavy atom. The largest absolute Gasteiger partial charge is 0.433 e. The van der Waals surface area contributed by atoms with Crippen molar-refractivity contribution < 1.29 is 79.0 Å². The van der Waals surface area contributed by atoms with Gasteiger partial charge in [-0.25, -0.2) is 9.97 Å². The fraction of sp³-hybridized carbons (Fsp3) is 0.355. The molecule has 0 aliphatic rings. The molecule has 0 unspecified atom stereocenters. The standard InChI is InChI=1S/C15H10F9N3O.C8H5F6N.C8H9F3N2OS/c1-2-27-11(28)6-10(15(22,23)24)26-12(27)25-9-4-3-7(13(16,17)18)5-8(9)14(19,20)21;9-7(10,11)4-1-2-6(15)5(3-4)8(12,13)14;1-3-13-6(14)4-5(8(9,10)11)12-7(13)15-2/h3-6H,2H2,1H3,(H,25,26);1-3H,15H2;4H,3H2,1-2H3. The van der Waals surface area contributed by atoms with Gasteiger partial charge in [-0.3, -0.25) is 18.7 Å². The molecule has 0 radical (unpaired) electrons. The van der Waals surface area contributed by atoms with Crippen LogP contribution in [-0.2, 0) is 50.1 Å². The molecule has 0 fully saturated rings. The summed E-state index contributed by atoms with van der Waals surface area (Å²) in [7, 11) is 0. The van der Waals surface area contributed by atoms with Crippen LogP contribution >= 0.6 is 11.8 Å². The Labute approximate surface area is 316 Å². The highest BCUT2D eigenvalue weighted by Gasteiger charge is 2.40. The average Bonchev–Trinajstić information content (AvgIpc) is 3.06. The summed E-state index contributed by atoms with van der Waals surface area (Å²) < 4.78 is 228. The van der Waals surface area contributed by atoms with Gasteiger partial charge >= 0.3 is 37.1 Å². The smallest absolute Gasteiger partial charge is 0.398 e. The monoisotopic (exact) mass is 886 g/mol. The maximum Gasteiger partial charge on any atom is 0.433 e. The number of hydrogen-bond acceptors (Lipinski definition) is 7. The SMILES string of the molecule is CCn1c(Nc2ccc(C(F)(F)F)cc2C(F)(F)F)nc(C(F)(F)F)cc1=O.CCn1c(SC)nc(C(F)(F)F)cc1=O.Nc1ccc(C(F)(F)F)cc1C(F)(F)F. The summed E-state index contributed by atoms with van der Waals surface area (Å²) in [6.45, 7) is 3.05. The fourth-order valence-electron chi connectivity index (χ4n) is 4.29. The van der Waals surface area contributed by atoms with Crippen LogP contribution in [0.25, 0.3) is 0 Å². The minimum Gasteiger partial charge on any atom is -0.398 e. The van der Waals surface area contributed by atoms with E-state index in [1.807, 2.05) is 5.32 Å². The molecule has 2 heterocycles. The molecule has 8 nitrogen and oxygen atoms in total. The van der Waals surface area contributed by atoms with E-state index in [-0.39, 0.29) is 29.9 Å². The molecule has 0 saturated heterocycles. The molecule has 0 aliphatic heterocycles. The van der Waals surface area contributed by atoms with Gasteiger partial charge in [-0.2, -0.15) is 79.0 Å². The van der Waals surface area contributed by atoms with Crippen molar-refractivity contribution in [1.29, 1.82) is 0 Å². The molecule has 2 aromatic heterocycles. The molecule has 58 heavy (non-hydrogen) atoms. The molecule has 0 atom stereocenters. The highest BCUT2D eigenvalue weighted by Crippen LogP contribution is 2.41. The second kappa shape index (κ2) is 17.8. The summed E-state index contributed by atoms with van der Waals surface area (Å²) in [5.41, 5.74) is -7.69. The van der Waals surface area contributed by atoms with Gasteiger partial charge in [0.05, 0.1) is 27.9 Å². The molecule has 0 bridgehead atoms. The molecular formula is C31H24F18N6O2S. The van der Waals surface area contributed by atoms with Gasteiger partial charge in [0.15, 0.2) is 16.5 Å². The maximum absolute atomic E-state index is 13.2. The highest BCUT2D eigenvalue weighted by atomic mass is 32.2. The number of alkyl halides is 18. The first-order valence-corrected chi connectivity index (χ1v) is 16.4. The average molecular weight is 887 g/mol. The first-order chi connectivity index (χ1) is 26.2. The van der Waals surface area contributed by atoms with Crippen molar-refractivity contribution >= 4 is 29.1 Å². The van der Waals surface area contributed by atoms with Crippen LogP contribution in [0.3, 0.4) is 0 Å². The summed E-state index contributed by atoms with van der Waals surface area (Å²) in [4.78, 5) is 29.6. The third-order valence-electron chi connectivity index (χ3n) is 6.96. The molecule has 0 aliphatic carbocycles. The van der Waals surface area contributed by atoms with Crippen molar-refractivity contribution in [2.24, 2.45) is 0 Å². The van der Waals surface area contributed by atoms with Crippen molar-refractivity contribution in [2.45, 2.75) is 69.2 Å². The summed E-state index contributed by atoms with van der Waals surface area (Å²) in [6, 6.07) is 2.29. The number of rotatable bonds is 5. The van der Waals surface area contributed by atoms with E-state index in [4.69, 9.17) is 5.73 Å². The first kappa shape index (κ1) is 49.0. The van der Waals surface area contributed by atoms with Crippen LogP contribution in [0, 0.1) is 0 Å². The second-order valence-electron chi connectivity index (χ2n) is 10.9. The minimum absolute atomic E-state index is 0.00463. The molecule has 322 valence electrons. The number of anilines is 3. The van der Waals surface area contributed by atoms with Gasteiger partial charge in [-0.1, -0.05) is 11.8 Å². The van der Waals surface area contributed by atoms with Crippen LogP contribution in [0.5, 0.6) is 0 Å². The van der Waals surface area contributed by atoms with E-state index in [0.717, 1.165) is 11.8 Å². The minimum atomic E-state index is -5.26. The van der Waals surface area contributed by atoms with E-state index in [0.29, 0.717) is 41.4 Å². The molecule has 0 saturated carbocycles. The third-order valence-corrected chi connectivity index (χ3v) is 7.64. The zero-order valence-electron chi connectivity index (χ0n) is 28.9. The Kier molecular flexibility index (Phi) is 15.0. The number of benzene rings is 2. The van der Waals surface area contributed by atoms with Gasteiger partial charge in [0, 0.05) is 30.9 Å². The van der Waals surface area contributed by atoms with E-state index < -0.39 is 99.1 Å². The van der Waals surface area contributed by atoms with E-state index >= 15 is 0 Å². The fourth-order valence-corrected chi connectivity index (χ4v) is 4.92. The summed E-state index contributed by atoms with van der Waals surface area (Å²) >= 11 is 1.02. The number of halogens is 18. The number of hydrogen-bond donors (Lipinski definition) is 2. The molecule has 27 heteroatoms. The number of thioether (sulfide) groups is 1. The van der Waals surface area contributed by atoms with E-state index in [9.17, 15) is 88.6 Å². The zero-order valence-corrected chi connectivity index (χ0v) is 29.7. The number of nitrogens with one attached hydrogen (secondary N) is 1. The normalized spacial score (nSPS) is 12.6. The van der Waals surface area contributed by atoms with Crippen LogP contribution in [0.4, 0.5) is 96.4 Å². The molecule has 4 aromatic rings. The molecular weight excluding hydrogens is 862 g/mol. The molecule has 2 aromatic carbocycles. The molecule has 0 amide bonds. The maximum atomic E-state index is 13.2. The predicted molar refractivity (Wildman–Crippen MR) is 171 cm³/mol. The number of nitrogen functional groups attached to an aromatic ring is 1. The van der Waals surface area contributed by atoms with Crippen LogP contribution in [0.1, 0.15) is 47.5 Å². The van der Waals surface area contributed by atoms with Gasteiger partial charge in [-0.15, -0.1) is 0 Å². The van der Waals surface area contributed by atoms with Crippen molar-refractivity contribution in [1.82, 2.24) is 19.1 Å². The quantitative estimate of drug-likeness (QED) is 0.0889. The van der Waals surface area contributed by atoms with Crippen LogP contribution in [-0.4, -0.2) is 25.4 Å². The Balaban J connectivity index is 0.000000327. The molecule has 4 rings (SSSR count). The van der Waals surface area contributed by atoms with Crippen LogP contribution < -0.4 is 22.2 Å². The van der Waals surface area contributed by atoms with Crippen molar-refractivity contribution in [3.8, 4) is 0 Å². The van der Waals surface area contributed by atoms with E-state index in [1.54, 1.807) is 13.2 Å². The topological polar surface area (TPSA) is 108 Å². The zero-order chi connectivity index (χ0) is 45.0.